The maximum Gasteiger partial charge on any atom is 0.0698 e. The Morgan fingerprint density at radius 2 is 2.25 bits per heavy atom. The first-order valence-corrected chi connectivity index (χ1v) is 5.31. The van der Waals surface area contributed by atoms with Crippen molar-refractivity contribution in [3.63, 3.8) is 0 Å². The molecule has 1 aliphatic rings. The van der Waals surface area contributed by atoms with Crippen LogP contribution in [0.5, 0.6) is 0 Å². The minimum absolute atomic E-state index is 0.0485. The van der Waals surface area contributed by atoms with E-state index in [0.29, 0.717) is 0 Å². The molecule has 16 heavy (non-hydrogen) atoms. The summed E-state index contributed by atoms with van der Waals surface area (Å²) in [6, 6.07) is 10.4. The van der Waals surface area contributed by atoms with Crippen molar-refractivity contribution in [1.29, 1.82) is 0 Å². The first-order valence-electron chi connectivity index (χ1n) is 5.31. The molecule has 2 rings (SSSR count). The number of rotatable bonds is 4. The van der Waals surface area contributed by atoms with Crippen LogP contribution in [0.1, 0.15) is 11.6 Å². The molecule has 1 aliphatic heterocycles. The molecule has 0 aliphatic carbocycles. The van der Waals surface area contributed by atoms with Crippen LogP contribution in [-0.4, -0.2) is 24.0 Å². The van der Waals surface area contributed by atoms with Gasteiger partial charge >= 0.3 is 0 Å². The summed E-state index contributed by atoms with van der Waals surface area (Å²) >= 11 is 0. The molecule has 1 saturated heterocycles. The lowest BCUT2D eigenvalue weighted by molar-refractivity contribution is 0.0766. The molecule has 0 unspecified atom stereocenters. The van der Waals surface area contributed by atoms with E-state index in [1.54, 1.807) is 0 Å². The van der Waals surface area contributed by atoms with Gasteiger partial charge in [0.1, 0.15) is 0 Å². The highest BCUT2D eigenvalue weighted by molar-refractivity contribution is 5.24. The standard InChI is InChI=1S/C12H14N4/c1-2-8-16-9-11(14-15-13)12(16)10-6-4-3-5-7-10/h2-7,11-12H,1,8-9H2/t11-,12+/m1/s1. The highest BCUT2D eigenvalue weighted by Gasteiger charge is 2.38. The Morgan fingerprint density at radius 1 is 1.50 bits per heavy atom. The molecule has 0 spiro atoms. The van der Waals surface area contributed by atoms with E-state index in [-0.39, 0.29) is 12.1 Å². The van der Waals surface area contributed by atoms with Crippen molar-refractivity contribution >= 4 is 0 Å². The lowest BCUT2D eigenvalue weighted by Crippen LogP contribution is -2.52. The maximum absolute atomic E-state index is 8.50. The molecule has 1 heterocycles. The summed E-state index contributed by atoms with van der Waals surface area (Å²) in [5, 5.41) is 3.82. The second-order valence-electron chi connectivity index (χ2n) is 3.87. The molecule has 1 fully saturated rings. The Labute approximate surface area is 94.8 Å². The predicted octanol–water partition coefficient (Wildman–Crippen LogP) is 2.91. The lowest BCUT2D eigenvalue weighted by Gasteiger charge is -2.46. The third-order valence-corrected chi connectivity index (χ3v) is 2.88. The van der Waals surface area contributed by atoms with Crippen LogP contribution >= 0.6 is 0 Å². The normalized spacial score (nSPS) is 24.2. The van der Waals surface area contributed by atoms with Crippen LogP contribution in [-0.2, 0) is 0 Å². The molecule has 82 valence electrons. The van der Waals surface area contributed by atoms with Crippen LogP contribution in [0.25, 0.3) is 10.4 Å². The van der Waals surface area contributed by atoms with Gasteiger partial charge in [-0.05, 0) is 11.1 Å². The predicted molar refractivity (Wildman–Crippen MR) is 63.9 cm³/mol. The fourth-order valence-electron chi connectivity index (χ4n) is 2.16. The Bertz CT molecular complexity index is 408. The van der Waals surface area contributed by atoms with Crippen molar-refractivity contribution in [2.75, 3.05) is 13.1 Å². The molecule has 0 N–H and O–H groups in total. The monoisotopic (exact) mass is 214 g/mol. The van der Waals surface area contributed by atoms with E-state index in [1.165, 1.54) is 5.56 Å². The first-order chi connectivity index (χ1) is 7.86. The molecule has 0 amide bonds. The van der Waals surface area contributed by atoms with E-state index in [2.05, 4.69) is 33.6 Å². The first kappa shape index (κ1) is 10.7. The van der Waals surface area contributed by atoms with Crippen LogP contribution in [0.2, 0.25) is 0 Å². The molecule has 4 heteroatoms. The zero-order valence-electron chi connectivity index (χ0n) is 9.03. The maximum atomic E-state index is 8.50. The highest BCUT2D eigenvalue weighted by Crippen LogP contribution is 2.35. The highest BCUT2D eigenvalue weighted by atomic mass is 15.3. The number of benzene rings is 1. The minimum atomic E-state index is 0.0485. The Morgan fingerprint density at radius 3 is 2.88 bits per heavy atom. The van der Waals surface area contributed by atoms with E-state index >= 15 is 0 Å². The van der Waals surface area contributed by atoms with Crippen LogP contribution in [0.15, 0.2) is 48.1 Å². The average molecular weight is 214 g/mol. The number of nitrogens with zero attached hydrogens (tertiary/aromatic N) is 4. The van der Waals surface area contributed by atoms with E-state index in [0.717, 1.165) is 13.1 Å². The molecule has 1 aromatic carbocycles. The quantitative estimate of drug-likeness (QED) is 0.329. The second-order valence-corrected chi connectivity index (χ2v) is 3.87. The van der Waals surface area contributed by atoms with Gasteiger partial charge in [-0.1, -0.05) is 41.5 Å². The number of hydrogen-bond donors (Lipinski definition) is 0. The SMILES string of the molecule is C=CCN1C[C@@H](N=[N+]=[N-])[C@@H]1c1ccccc1. The van der Waals surface area contributed by atoms with Crippen LogP contribution in [0.3, 0.4) is 0 Å². The summed E-state index contributed by atoms with van der Waals surface area (Å²) in [6.07, 6.45) is 1.88. The van der Waals surface area contributed by atoms with Gasteiger partial charge in [-0.25, -0.2) is 0 Å². The molecule has 0 bridgehead atoms. The third-order valence-electron chi connectivity index (χ3n) is 2.88. The Hall–Kier alpha value is -1.77. The summed E-state index contributed by atoms with van der Waals surface area (Å²) in [6.45, 7) is 5.38. The van der Waals surface area contributed by atoms with E-state index in [4.69, 9.17) is 5.53 Å². The summed E-state index contributed by atoms with van der Waals surface area (Å²) in [5.41, 5.74) is 9.70. The van der Waals surface area contributed by atoms with Crippen LogP contribution in [0.4, 0.5) is 0 Å². The molecule has 0 radical (unpaired) electrons. The van der Waals surface area contributed by atoms with Crippen LogP contribution in [0, 0.1) is 0 Å². The van der Waals surface area contributed by atoms with Crippen molar-refractivity contribution in [2.24, 2.45) is 5.11 Å². The smallest absolute Gasteiger partial charge is 0.0698 e. The van der Waals surface area contributed by atoms with Gasteiger partial charge in [0.15, 0.2) is 0 Å². The van der Waals surface area contributed by atoms with Gasteiger partial charge < -0.3 is 0 Å². The number of likely N-dealkylation sites (tertiary alicyclic amines) is 1. The lowest BCUT2D eigenvalue weighted by atomic mass is 9.90. The molecular formula is C12H14N4. The third kappa shape index (κ3) is 1.94. The summed E-state index contributed by atoms with van der Waals surface area (Å²) < 4.78 is 0. The van der Waals surface area contributed by atoms with Gasteiger partial charge in [0.05, 0.1) is 6.04 Å². The van der Waals surface area contributed by atoms with Gasteiger partial charge in [-0.3, -0.25) is 4.90 Å². The van der Waals surface area contributed by atoms with Crippen molar-refractivity contribution in [3.8, 4) is 0 Å². The van der Waals surface area contributed by atoms with Gasteiger partial charge in [-0.15, -0.1) is 6.58 Å². The van der Waals surface area contributed by atoms with Crippen molar-refractivity contribution in [2.45, 2.75) is 12.1 Å². The summed E-state index contributed by atoms with van der Waals surface area (Å²) in [5.74, 6) is 0. The van der Waals surface area contributed by atoms with Crippen LogP contribution < -0.4 is 0 Å². The minimum Gasteiger partial charge on any atom is -0.292 e. The summed E-state index contributed by atoms with van der Waals surface area (Å²) in [4.78, 5) is 5.15. The van der Waals surface area contributed by atoms with Gasteiger partial charge in [0, 0.05) is 24.0 Å². The van der Waals surface area contributed by atoms with Crippen molar-refractivity contribution < 1.29 is 0 Å². The molecule has 0 saturated carbocycles. The largest absolute Gasteiger partial charge is 0.292 e. The molecule has 1 aromatic rings. The van der Waals surface area contributed by atoms with Crippen molar-refractivity contribution in [1.82, 2.24) is 4.90 Å². The Balaban J connectivity index is 2.19. The van der Waals surface area contributed by atoms with Crippen molar-refractivity contribution in [3.05, 3.63) is 59.0 Å². The molecule has 0 aromatic heterocycles. The van der Waals surface area contributed by atoms with E-state index < -0.39 is 0 Å². The number of hydrogen-bond acceptors (Lipinski definition) is 2. The zero-order chi connectivity index (χ0) is 11.4. The Kier molecular flexibility index (Phi) is 3.25. The number of azide groups is 1. The molecular weight excluding hydrogens is 200 g/mol. The second kappa shape index (κ2) is 4.84. The zero-order valence-corrected chi connectivity index (χ0v) is 9.03. The van der Waals surface area contributed by atoms with Gasteiger partial charge in [0.2, 0.25) is 0 Å². The fourth-order valence-corrected chi connectivity index (χ4v) is 2.16. The van der Waals surface area contributed by atoms with E-state index in [9.17, 15) is 0 Å². The topological polar surface area (TPSA) is 52.0 Å². The molecule has 2 atom stereocenters. The summed E-state index contributed by atoms with van der Waals surface area (Å²) in [7, 11) is 0. The molecule has 4 nitrogen and oxygen atoms in total. The average Bonchev–Trinajstić information content (AvgIpc) is 2.29. The van der Waals surface area contributed by atoms with Gasteiger partial charge in [0.25, 0.3) is 0 Å². The van der Waals surface area contributed by atoms with E-state index in [1.807, 2.05) is 24.3 Å². The fraction of sp³-hybridized carbons (Fsp3) is 0.333. The van der Waals surface area contributed by atoms with Gasteiger partial charge in [-0.2, -0.15) is 0 Å².